The molecule has 2 rings (SSSR count). The first-order valence-electron chi connectivity index (χ1n) is 6.18. The van der Waals surface area contributed by atoms with Crippen molar-refractivity contribution >= 4 is 0 Å². The highest BCUT2D eigenvalue weighted by Gasteiger charge is 2.12. The summed E-state index contributed by atoms with van der Waals surface area (Å²) < 4.78 is 15.0. The first-order valence-corrected chi connectivity index (χ1v) is 6.18. The summed E-state index contributed by atoms with van der Waals surface area (Å²) in [6.07, 6.45) is 1.81. The van der Waals surface area contributed by atoms with E-state index in [0.717, 1.165) is 11.3 Å². The Balaban J connectivity index is 2.07. The van der Waals surface area contributed by atoms with E-state index in [-0.39, 0.29) is 17.6 Å². The third kappa shape index (κ3) is 2.93. The second-order valence-electron chi connectivity index (χ2n) is 4.68. The number of halogens is 1. The van der Waals surface area contributed by atoms with Crippen molar-refractivity contribution in [3.8, 4) is 5.75 Å². The predicted octanol–water partition coefficient (Wildman–Crippen LogP) is 2.42. The molecular weight excluding hydrogens is 245 g/mol. The lowest BCUT2D eigenvalue weighted by atomic mass is 10.1. The Bertz CT molecular complexity index is 580. The molecule has 2 aromatic rings. The van der Waals surface area contributed by atoms with E-state index >= 15 is 0 Å². The number of hydrogen-bond acceptors (Lipinski definition) is 3. The van der Waals surface area contributed by atoms with Crippen LogP contribution in [0, 0.1) is 12.7 Å². The molecule has 1 aromatic carbocycles. The van der Waals surface area contributed by atoms with E-state index < -0.39 is 0 Å². The van der Waals surface area contributed by atoms with Crippen molar-refractivity contribution in [2.45, 2.75) is 26.4 Å². The maximum absolute atomic E-state index is 13.2. The fraction of sp³-hybridized carbons (Fsp3) is 0.357. The summed E-state index contributed by atoms with van der Waals surface area (Å²) in [7, 11) is 1.89. The van der Waals surface area contributed by atoms with Crippen molar-refractivity contribution in [2.75, 3.05) is 0 Å². The molecule has 2 N–H and O–H groups in total. The first kappa shape index (κ1) is 13.5. The van der Waals surface area contributed by atoms with E-state index in [4.69, 9.17) is 0 Å². The van der Waals surface area contributed by atoms with Crippen LogP contribution in [0.5, 0.6) is 5.75 Å². The maximum Gasteiger partial charge on any atom is 0.123 e. The van der Waals surface area contributed by atoms with Gasteiger partial charge in [-0.15, -0.1) is 0 Å². The van der Waals surface area contributed by atoms with Gasteiger partial charge in [0, 0.05) is 36.5 Å². The van der Waals surface area contributed by atoms with Crippen LogP contribution in [0.15, 0.2) is 24.4 Å². The number of nitrogens with zero attached hydrogens (tertiary/aromatic N) is 2. The Morgan fingerprint density at radius 2 is 2.21 bits per heavy atom. The van der Waals surface area contributed by atoms with Crippen molar-refractivity contribution in [3.63, 3.8) is 0 Å². The summed E-state index contributed by atoms with van der Waals surface area (Å²) in [5.41, 5.74) is 2.73. The average molecular weight is 263 g/mol. The largest absolute Gasteiger partial charge is 0.508 e. The highest BCUT2D eigenvalue weighted by Crippen LogP contribution is 2.25. The van der Waals surface area contributed by atoms with Crippen LogP contribution >= 0.6 is 0 Å². The quantitative estimate of drug-likeness (QED) is 0.890. The van der Waals surface area contributed by atoms with Gasteiger partial charge in [-0.05, 0) is 32.0 Å². The minimum absolute atomic E-state index is 0.101. The summed E-state index contributed by atoms with van der Waals surface area (Å²) in [5, 5.41) is 17.2. The minimum Gasteiger partial charge on any atom is -0.508 e. The molecule has 102 valence electrons. The summed E-state index contributed by atoms with van der Waals surface area (Å²) in [5.74, 6) is -0.247. The normalized spacial score (nSPS) is 12.6. The van der Waals surface area contributed by atoms with Gasteiger partial charge in [-0.1, -0.05) is 0 Å². The molecule has 1 aromatic heterocycles. The van der Waals surface area contributed by atoms with Crippen LogP contribution < -0.4 is 5.32 Å². The molecule has 0 saturated carbocycles. The van der Waals surface area contributed by atoms with Gasteiger partial charge in [0.15, 0.2) is 0 Å². The summed E-state index contributed by atoms with van der Waals surface area (Å²) in [4.78, 5) is 0. The lowest BCUT2D eigenvalue weighted by Gasteiger charge is -2.15. The lowest BCUT2D eigenvalue weighted by molar-refractivity contribution is 0.449. The van der Waals surface area contributed by atoms with E-state index in [1.165, 1.54) is 18.2 Å². The molecule has 0 bridgehead atoms. The van der Waals surface area contributed by atoms with E-state index in [1.807, 2.05) is 20.9 Å². The molecule has 0 fully saturated rings. The van der Waals surface area contributed by atoms with Gasteiger partial charge in [0.2, 0.25) is 0 Å². The molecule has 0 amide bonds. The number of aromatic hydroxyl groups is 1. The molecule has 0 spiro atoms. The number of hydrogen-bond donors (Lipinski definition) is 2. The minimum atomic E-state index is -0.348. The Morgan fingerprint density at radius 3 is 2.84 bits per heavy atom. The van der Waals surface area contributed by atoms with Crippen molar-refractivity contribution < 1.29 is 9.50 Å². The van der Waals surface area contributed by atoms with Crippen molar-refractivity contribution in [3.05, 3.63) is 47.0 Å². The van der Waals surface area contributed by atoms with Gasteiger partial charge in [0.1, 0.15) is 11.6 Å². The zero-order valence-electron chi connectivity index (χ0n) is 11.3. The van der Waals surface area contributed by atoms with Crippen LogP contribution in [-0.4, -0.2) is 14.9 Å². The van der Waals surface area contributed by atoms with E-state index in [0.29, 0.717) is 12.1 Å². The van der Waals surface area contributed by atoms with Gasteiger partial charge in [0.25, 0.3) is 0 Å². The second kappa shape index (κ2) is 5.40. The van der Waals surface area contributed by atoms with Crippen LogP contribution in [-0.2, 0) is 13.6 Å². The number of rotatable bonds is 4. The number of aryl methyl sites for hydroxylation is 1. The Hall–Kier alpha value is -1.88. The molecule has 1 heterocycles. The van der Waals surface area contributed by atoms with Gasteiger partial charge in [-0.3, -0.25) is 4.68 Å². The number of phenols is 1. The van der Waals surface area contributed by atoms with Crippen LogP contribution in [0.1, 0.15) is 29.8 Å². The number of benzene rings is 1. The van der Waals surface area contributed by atoms with Crippen molar-refractivity contribution in [1.82, 2.24) is 15.1 Å². The van der Waals surface area contributed by atoms with Gasteiger partial charge in [0.05, 0.1) is 6.20 Å². The molecule has 1 atom stereocenters. The molecule has 19 heavy (non-hydrogen) atoms. The van der Waals surface area contributed by atoms with Gasteiger partial charge in [-0.25, -0.2) is 4.39 Å². The van der Waals surface area contributed by atoms with Crippen molar-refractivity contribution in [1.29, 1.82) is 0 Å². The predicted molar refractivity (Wildman–Crippen MR) is 71.3 cm³/mol. The molecule has 5 heteroatoms. The molecule has 0 aliphatic heterocycles. The summed E-state index contributed by atoms with van der Waals surface area (Å²) in [6, 6.07) is 3.83. The standard InChI is InChI=1S/C14H18FN3O/c1-9(13-6-12(15)4-5-14(13)19)16-7-11-8-17-18(3)10(11)2/h4-6,8-9,16,19H,7H2,1-3H3. The SMILES string of the molecule is Cc1c(CNC(C)c2cc(F)ccc2O)cnn1C. The van der Waals surface area contributed by atoms with Gasteiger partial charge < -0.3 is 10.4 Å². The molecule has 0 aliphatic rings. The fourth-order valence-electron chi connectivity index (χ4n) is 1.96. The number of nitrogens with one attached hydrogen (secondary N) is 1. The third-order valence-corrected chi connectivity index (χ3v) is 3.39. The molecule has 4 nitrogen and oxygen atoms in total. The topological polar surface area (TPSA) is 50.1 Å². The molecule has 1 unspecified atom stereocenters. The Kier molecular flexibility index (Phi) is 3.85. The van der Waals surface area contributed by atoms with E-state index in [1.54, 1.807) is 10.9 Å². The van der Waals surface area contributed by atoms with Gasteiger partial charge in [-0.2, -0.15) is 5.10 Å². The monoisotopic (exact) mass is 263 g/mol. The van der Waals surface area contributed by atoms with Crippen molar-refractivity contribution in [2.24, 2.45) is 7.05 Å². The molecule has 0 radical (unpaired) electrons. The first-order chi connectivity index (χ1) is 8.99. The van der Waals surface area contributed by atoms with Crippen LogP contribution in [0.3, 0.4) is 0 Å². The zero-order valence-corrected chi connectivity index (χ0v) is 11.3. The number of aromatic nitrogens is 2. The second-order valence-corrected chi connectivity index (χ2v) is 4.68. The fourth-order valence-corrected chi connectivity index (χ4v) is 1.96. The Morgan fingerprint density at radius 1 is 1.47 bits per heavy atom. The third-order valence-electron chi connectivity index (χ3n) is 3.39. The van der Waals surface area contributed by atoms with E-state index in [9.17, 15) is 9.50 Å². The highest BCUT2D eigenvalue weighted by atomic mass is 19.1. The molecule has 0 saturated heterocycles. The Labute approximate surface area is 111 Å². The zero-order chi connectivity index (χ0) is 14.0. The summed E-state index contributed by atoms with van der Waals surface area (Å²) in [6.45, 7) is 4.51. The molecule has 0 aliphatic carbocycles. The smallest absolute Gasteiger partial charge is 0.123 e. The number of phenolic OH excluding ortho intramolecular Hbond substituents is 1. The maximum atomic E-state index is 13.2. The summed E-state index contributed by atoms with van der Waals surface area (Å²) >= 11 is 0. The van der Waals surface area contributed by atoms with E-state index in [2.05, 4.69) is 10.4 Å². The van der Waals surface area contributed by atoms with Crippen LogP contribution in [0.2, 0.25) is 0 Å². The highest BCUT2D eigenvalue weighted by molar-refractivity contribution is 5.35. The lowest BCUT2D eigenvalue weighted by Crippen LogP contribution is -2.18. The average Bonchev–Trinajstić information content (AvgIpc) is 2.70. The molecular formula is C14H18FN3O. The van der Waals surface area contributed by atoms with Gasteiger partial charge >= 0.3 is 0 Å². The van der Waals surface area contributed by atoms with Crippen LogP contribution in [0.4, 0.5) is 4.39 Å². The van der Waals surface area contributed by atoms with Crippen LogP contribution in [0.25, 0.3) is 0 Å².